The SMILES string of the molecule is CCOc1c(C(C)=O)cc(Cl)c2cn(C)nc12. The molecular weight excluding hydrogens is 240 g/mol. The van der Waals surface area contributed by atoms with Gasteiger partial charge < -0.3 is 4.74 Å². The van der Waals surface area contributed by atoms with Crippen molar-refractivity contribution in [3.63, 3.8) is 0 Å². The van der Waals surface area contributed by atoms with Gasteiger partial charge >= 0.3 is 0 Å². The number of nitrogens with zero attached hydrogens (tertiary/aromatic N) is 2. The van der Waals surface area contributed by atoms with Gasteiger partial charge in [-0.25, -0.2) is 0 Å². The van der Waals surface area contributed by atoms with E-state index < -0.39 is 0 Å². The zero-order chi connectivity index (χ0) is 12.6. The number of hydrogen-bond donors (Lipinski definition) is 0. The van der Waals surface area contributed by atoms with E-state index in [0.717, 1.165) is 5.39 Å². The number of ether oxygens (including phenoxy) is 1. The summed E-state index contributed by atoms with van der Waals surface area (Å²) in [6, 6.07) is 1.64. The molecule has 4 nitrogen and oxygen atoms in total. The van der Waals surface area contributed by atoms with E-state index in [-0.39, 0.29) is 5.78 Å². The average molecular weight is 253 g/mol. The molecule has 5 heteroatoms. The molecule has 2 aromatic rings. The van der Waals surface area contributed by atoms with E-state index in [1.807, 2.05) is 13.1 Å². The summed E-state index contributed by atoms with van der Waals surface area (Å²) in [7, 11) is 1.81. The first-order valence-electron chi connectivity index (χ1n) is 5.34. The van der Waals surface area contributed by atoms with Crippen LogP contribution in [0.4, 0.5) is 0 Å². The summed E-state index contributed by atoms with van der Waals surface area (Å²) in [4.78, 5) is 11.6. The number of carbonyl (C=O) groups is 1. The number of fused-ring (bicyclic) bond motifs is 1. The van der Waals surface area contributed by atoms with E-state index in [1.165, 1.54) is 6.92 Å². The summed E-state index contributed by atoms with van der Waals surface area (Å²) >= 11 is 6.13. The quantitative estimate of drug-likeness (QED) is 0.789. The highest BCUT2D eigenvalue weighted by Crippen LogP contribution is 2.34. The Morgan fingerprint density at radius 3 is 2.88 bits per heavy atom. The molecule has 0 unspecified atom stereocenters. The third-order valence-electron chi connectivity index (χ3n) is 2.48. The molecule has 0 amide bonds. The number of aryl methyl sites for hydroxylation is 1. The summed E-state index contributed by atoms with van der Waals surface area (Å²) < 4.78 is 7.18. The third-order valence-corrected chi connectivity index (χ3v) is 2.80. The standard InChI is InChI=1S/C12H13ClN2O2/c1-4-17-12-8(7(2)16)5-10(13)9-6-15(3)14-11(9)12/h5-6H,4H2,1-3H3. The highest BCUT2D eigenvalue weighted by atomic mass is 35.5. The fourth-order valence-electron chi connectivity index (χ4n) is 1.78. The summed E-state index contributed by atoms with van der Waals surface area (Å²) in [6.45, 7) is 3.84. The molecule has 0 bridgehead atoms. The van der Waals surface area contributed by atoms with Gasteiger partial charge in [0, 0.05) is 18.6 Å². The van der Waals surface area contributed by atoms with E-state index in [4.69, 9.17) is 16.3 Å². The largest absolute Gasteiger partial charge is 0.491 e. The van der Waals surface area contributed by atoms with Gasteiger partial charge in [0.15, 0.2) is 11.5 Å². The van der Waals surface area contributed by atoms with Crippen molar-refractivity contribution >= 4 is 28.3 Å². The second-order valence-corrected chi connectivity index (χ2v) is 4.20. The van der Waals surface area contributed by atoms with Crippen LogP contribution in [-0.2, 0) is 7.05 Å². The summed E-state index contributed by atoms with van der Waals surface area (Å²) in [6.07, 6.45) is 1.81. The third kappa shape index (κ3) is 2.00. The molecule has 0 fully saturated rings. The number of hydrogen-bond acceptors (Lipinski definition) is 3. The molecule has 90 valence electrons. The van der Waals surface area contributed by atoms with Crippen molar-refractivity contribution in [3.05, 3.63) is 22.8 Å². The van der Waals surface area contributed by atoms with Crippen LogP contribution < -0.4 is 4.74 Å². The molecule has 1 heterocycles. The van der Waals surface area contributed by atoms with Crippen LogP contribution >= 0.6 is 11.6 Å². The van der Waals surface area contributed by atoms with Crippen LogP contribution in [0, 0.1) is 0 Å². The predicted molar refractivity (Wildman–Crippen MR) is 66.9 cm³/mol. The average Bonchev–Trinajstić information content (AvgIpc) is 2.64. The molecule has 0 spiro atoms. The summed E-state index contributed by atoms with van der Waals surface area (Å²) in [5, 5.41) is 5.60. The Kier molecular flexibility index (Phi) is 3.07. The molecule has 0 N–H and O–H groups in total. The van der Waals surface area contributed by atoms with Crippen molar-refractivity contribution in [1.29, 1.82) is 0 Å². The minimum atomic E-state index is -0.0806. The van der Waals surface area contributed by atoms with Crippen molar-refractivity contribution in [3.8, 4) is 5.75 Å². The lowest BCUT2D eigenvalue weighted by molar-refractivity contribution is 0.101. The van der Waals surface area contributed by atoms with E-state index in [0.29, 0.717) is 28.5 Å². The molecular formula is C12H13ClN2O2. The molecule has 0 atom stereocenters. The molecule has 0 aliphatic carbocycles. The lowest BCUT2D eigenvalue weighted by Crippen LogP contribution is -2.02. The second-order valence-electron chi connectivity index (χ2n) is 3.79. The van der Waals surface area contributed by atoms with Crippen molar-refractivity contribution in [2.75, 3.05) is 6.61 Å². The molecule has 1 aromatic carbocycles. The Hall–Kier alpha value is -1.55. The van der Waals surface area contributed by atoms with E-state index >= 15 is 0 Å². The van der Waals surface area contributed by atoms with Crippen LogP contribution in [0.3, 0.4) is 0 Å². The molecule has 0 saturated heterocycles. The van der Waals surface area contributed by atoms with Gasteiger partial charge in [-0.1, -0.05) is 11.6 Å². The second kappa shape index (κ2) is 4.37. The van der Waals surface area contributed by atoms with Gasteiger partial charge in [0.2, 0.25) is 0 Å². The minimum Gasteiger partial charge on any atom is -0.491 e. The van der Waals surface area contributed by atoms with Crippen molar-refractivity contribution in [1.82, 2.24) is 9.78 Å². The van der Waals surface area contributed by atoms with Crippen LogP contribution in [0.5, 0.6) is 5.75 Å². The van der Waals surface area contributed by atoms with Crippen LogP contribution in [0.1, 0.15) is 24.2 Å². The zero-order valence-corrected chi connectivity index (χ0v) is 10.7. The highest BCUT2D eigenvalue weighted by Gasteiger charge is 2.18. The molecule has 0 aliphatic heterocycles. The van der Waals surface area contributed by atoms with Gasteiger partial charge in [-0.05, 0) is 19.9 Å². The number of carbonyl (C=O) groups excluding carboxylic acids is 1. The van der Waals surface area contributed by atoms with E-state index in [2.05, 4.69) is 5.10 Å². The Balaban J connectivity index is 2.81. The number of Topliss-reactive ketones (excluding diaryl/α,β-unsaturated/α-hetero) is 1. The first kappa shape index (κ1) is 11.9. The molecule has 0 radical (unpaired) electrons. The molecule has 1 aromatic heterocycles. The van der Waals surface area contributed by atoms with Crippen molar-refractivity contribution < 1.29 is 9.53 Å². The van der Waals surface area contributed by atoms with Gasteiger partial charge in [-0.2, -0.15) is 5.10 Å². The van der Waals surface area contributed by atoms with Crippen molar-refractivity contribution in [2.24, 2.45) is 7.05 Å². The number of rotatable bonds is 3. The van der Waals surface area contributed by atoms with Crippen LogP contribution in [0.25, 0.3) is 10.9 Å². The first-order valence-corrected chi connectivity index (χ1v) is 5.72. The van der Waals surface area contributed by atoms with Gasteiger partial charge in [-0.3, -0.25) is 9.48 Å². The normalized spacial score (nSPS) is 10.8. The Bertz CT molecular complexity index is 590. The van der Waals surface area contributed by atoms with Crippen LogP contribution in [0.15, 0.2) is 12.3 Å². The fourth-order valence-corrected chi connectivity index (χ4v) is 2.03. The van der Waals surface area contributed by atoms with Crippen molar-refractivity contribution in [2.45, 2.75) is 13.8 Å². The van der Waals surface area contributed by atoms with Gasteiger partial charge in [-0.15, -0.1) is 0 Å². The lowest BCUT2D eigenvalue weighted by Gasteiger charge is -2.09. The number of ketones is 1. The van der Waals surface area contributed by atoms with Crippen LogP contribution in [-0.4, -0.2) is 22.2 Å². The Morgan fingerprint density at radius 2 is 2.29 bits per heavy atom. The van der Waals surface area contributed by atoms with Gasteiger partial charge in [0.05, 0.1) is 17.2 Å². The lowest BCUT2D eigenvalue weighted by atomic mass is 10.1. The molecule has 0 aliphatic rings. The number of halogens is 1. The Morgan fingerprint density at radius 1 is 1.59 bits per heavy atom. The predicted octanol–water partition coefficient (Wildman–Crippen LogP) is 2.83. The molecule has 2 rings (SSSR count). The Labute approximate surface area is 104 Å². The minimum absolute atomic E-state index is 0.0806. The zero-order valence-electron chi connectivity index (χ0n) is 9.95. The van der Waals surface area contributed by atoms with Gasteiger partial charge in [0.25, 0.3) is 0 Å². The maximum atomic E-state index is 11.6. The summed E-state index contributed by atoms with van der Waals surface area (Å²) in [5.74, 6) is 0.433. The molecule has 17 heavy (non-hydrogen) atoms. The van der Waals surface area contributed by atoms with Gasteiger partial charge in [0.1, 0.15) is 5.52 Å². The first-order chi connectivity index (χ1) is 8.04. The topological polar surface area (TPSA) is 44.1 Å². The number of benzene rings is 1. The highest BCUT2D eigenvalue weighted by molar-refractivity contribution is 6.36. The fraction of sp³-hybridized carbons (Fsp3) is 0.333. The smallest absolute Gasteiger partial charge is 0.163 e. The summed E-state index contributed by atoms with van der Waals surface area (Å²) in [5.41, 5.74) is 1.11. The maximum absolute atomic E-state index is 11.6. The van der Waals surface area contributed by atoms with E-state index in [1.54, 1.807) is 17.8 Å². The maximum Gasteiger partial charge on any atom is 0.163 e. The van der Waals surface area contributed by atoms with Crippen LogP contribution in [0.2, 0.25) is 5.02 Å². The molecule has 0 saturated carbocycles. The monoisotopic (exact) mass is 252 g/mol. The number of aromatic nitrogens is 2. The van der Waals surface area contributed by atoms with E-state index in [9.17, 15) is 4.79 Å².